The summed E-state index contributed by atoms with van der Waals surface area (Å²) in [6.07, 6.45) is 3.04. The molecule has 1 amide bonds. The second kappa shape index (κ2) is 10.9. The van der Waals surface area contributed by atoms with Crippen LogP contribution in [0, 0.1) is 11.3 Å². The highest BCUT2D eigenvalue weighted by molar-refractivity contribution is 7.98. The molecule has 1 aliphatic rings. The number of carbonyl (C=O) groups excluding carboxylic acids is 1. The minimum Gasteiger partial charge on any atom is -0.379 e. The summed E-state index contributed by atoms with van der Waals surface area (Å²) in [5.41, 5.74) is 5.96. The molecule has 6 nitrogen and oxygen atoms in total. The molecule has 0 aliphatic carbocycles. The lowest BCUT2D eigenvalue weighted by atomic mass is 10.2. The van der Waals surface area contributed by atoms with Crippen molar-refractivity contribution in [2.24, 2.45) is 5.73 Å². The van der Waals surface area contributed by atoms with Crippen molar-refractivity contribution in [1.82, 2.24) is 9.80 Å². The van der Waals surface area contributed by atoms with E-state index in [4.69, 9.17) is 15.7 Å². The molecule has 0 aromatic carbocycles. The number of hydrogen-bond donors (Lipinski definition) is 1. The number of thioether (sulfide) groups is 1. The molecule has 0 aromatic rings. The molecule has 0 bridgehead atoms. The molecule has 21 heavy (non-hydrogen) atoms. The summed E-state index contributed by atoms with van der Waals surface area (Å²) in [6, 6.07) is 1.64. The Morgan fingerprint density at radius 2 is 2.19 bits per heavy atom. The van der Waals surface area contributed by atoms with Crippen LogP contribution in [0.4, 0.5) is 0 Å². The van der Waals surface area contributed by atoms with E-state index >= 15 is 0 Å². The average Bonchev–Trinajstić information content (AvgIpc) is 2.53. The van der Waals surface area contributed by atoms with Crippen molar-refractivity contribution in [1.29, 1.82) is 5.26 Å². The molecule has 1 saturated heterocycles. The number of amides is 1. The van der Waals surface area contributed by atoms with E-state index in [1.165, 1.54) is 0 Å². The zero-order valence-corrected chi connectivity index (χ0v) is 13.6. The Kier molecular flexibility index (Phi) is 9.42. The fraction of sp³-hybridized carbons (Fsp3) is 0.857. The van der Waals surface area contributed by atoms with Crippen molar-refractivity contribution in [3.8, 4) is 6.07 Å². The fourth-order valence-electron chi connectivity index (χ4n) is 2.21. The fourth-order valence-corrected chi connectivity index (χ4v) is 2.70. The van der Waals surface area contributed by atoms with Crippen LogP contribution in [0.15, 0.2) is 0 Å². The van der Waals surface area contributed by atoms with E-state index < -0.39 is 6.04 Å². The zero-order chi connectivity index (χ0) is 15.5. The highest BCUT2D eigenvalue weighted by Gasteiger charge is 2.21. The predicted molar refractivity (Wildman–Crippen MR) is 85.0 cm³/mol. The van der Waals surface area contributed by atoms with Gasteiger partial charge in [-0.15, -0.1) is 0 Å². The van der Waals surface area contributed by atoms with E-state index in [9.17, 15) is 4.79 Å². The Balaban J connectivity index is 2.45. The monoisotopic (exact) mass is 314 g/mol. The second-order valence-corrected chi connectivity index (χ2v) is 6.06. The number of nitriles is 1. The summed E-state index contributed by atoms with van der Waals surface area (Å²) in [5.74, 6) is 0.843. The highest BCUT2D eigenvalue weighted by atomic mass is 32.2. The van der Waals surface area contributed by atoms with Gasteiger partial charge in [0.1, 0.15) is 0 Å². The van der Waals surface area contributed by atoms with Crippen molar-refractivity contribution in [3.63, 3.8) is 0 Å². The number of hydrogen-bond acceptors (Lipinski definition) is 6. The van der Waals surface area contributed by atoms with Gasteiger partial charge >= 0.3 is 0 Å². The third kappa shape index (κ3) is 7.14. The maximum absolute atomic E-state index is 12.4. The lowest BCUT2D eigenvalue weighted by molar-refractivity contribution is -0.132. The first-order chi connectivity index (χ1) is 10.2. The van der Waals surface area contributed by atoms with Crippen LogP contribution in [0.1, 0.15) is 12.8 Å². The molecule has 0 spiro atoms. The topological polar surface area (TPSA) is 82.6 Å². The summed E-state index contributed by atoms with van der Waals surface area (Å²) in [6.45, 7) is 5.21. The summed E-state index contributed by atoms with van der Waals surface area (Å²) < 4.78 is 5.31. The maximum Gasteiger partial charge on any atom is 0.239 e. The van der Waals surface area contributed by atoms with Crippen molar-refractivity contribution >= 4 is 17.7 Å². The van der Waals surface area contributed by atoms with Gasteiger partial charge < -0.3 is 15.4 Å². The first kappa shape index (κ1) is 18.2. The van der Waals surface area contributed by atoms with E-state index in [1.807, 2.05) is 6.26 Å². The van der Waals surface area contributed by atoms with Gasteiger partial charge in [0.2, 0.25) is 5.91 Å². The third-order valence-electron chi connectivity index (χ3n) is 3.55. The molecular weight excluding hydrogens is 288 g/mol. The van der Waals surface area contributed by atoms with Crippen LogP contribution in [0.25, 0.3) is 0 Å². The molecule has 0 aromatic heterocycles. The molecule has 2 N–H and O–H groups in total. The Bertz CT molecular complexity index is 342. The summed E-state index contributed by atoms with van der Waals surface area (Å²) in [5, 5.41) is 8.74. The lowest BCUT2D eigenvalue weighted by Gasteiger charge is -2.31. The smallest absolute Gasteiger partial charge is 0.239 e. The predicted octanol–water partition coefficient (Wildman–Crippen LogP) is 0.141. The molecule has 1 aliphatic heterocycles. The second-order valence-electron chi connectivity index (χ2n) is 5.08. The lowest BCUT2D eigenvalue weighted by Crippen LogP contribution is -2.48. The van der Waals surface area contributed by atoms with Crippen LogP contribution in [0.3, 0.4) is 0 Å². The summed E-state index contributed by atoms with van der Waals surface area (Å²) >= 11 is 1.69. The maximum atomic E-state index is 12.4. The Hall–Kier alpha value is -0.810. The van der Waals surface area contributed by atoms with Gasteiger partial charge in [-0.2, -0.15) is 17.0 Å². The van der Waals surface area contributed by atoms with E-state index in [0.717, 1.165) is 38.6 Å². The number of nitrogens with zero attached hydrogens (tertiary/aromatic N) is 3. The Labute approximate surface area is 131 Å². The number of morpholine rings is 1. The minimum absolute atomic E-state index is 0.0347. The number of carbonyl (C=O) groups is 1. The first-order valence-electron chi connectivity index (χ1n) is 7.39. The van der Waals surface area contributed by atoms with Crippen molar-refractivity contribution in [2.45, 2.75) is 18.9 Å². The van der Waals surface area contributed by atoms with Crippen LogP contribution in [0.5, 0.6) is 0 Å². The SMILES string of the molecule is CSCC[C@@H](N)C(=O)N(CCC#N)CCN1CCOCC1. The van der Waals surface area contributed by atoms with Crippen LogP contribution in [-0.4, -0.2) is 79.7 Å². The zero-order valence-electron chi connectivity index (χ0n) is 12.8. The van der Waals surface area contributed by atoms with E-state index in [1.54, 1.807) is 16.7 Å². The standard InChI is InChI=1S/C14H26N4O2S/c1-21-12-3-13(16)14(19)18(5-2-4-15)7-6-17-8-10-20-11-9-17/h13H,2-3,5-12,16H2,1H3/t13-/m1/s1. The first-order valence-corrected chi connectivity index (χ1v) is 8.78. The summed E-state index contributed by atoms with van der Waals surface area (Å²) in [7, 11) is 0. The molecule has 0 unspecified atom stereocenters. The average molecular weight is 314 g/mol. The highest BCUT2D eigenvalue weighted by Crippen LogP contribution is 2.05. The van der Waals surface area contributed by atoms with Gasteiger partial charge in [0.05, 0.1) is 31.7 Å². The number of nitrogens with two attached hydrogens (primary N) is 1. The van der Waals surface area contributed by atoms with E-state index in [0.29, 0.717) is 25.9 Å². The van der Waals surface area contributed by atoms with Gasteiger partial charge in [-0.25, -0.2) is 0 Å². The third-order valence-corrected chi connectivity index (χ3v) is 4.19. The molecule has 0 radical (unpaired) electrons. The van der Waals surface area contributed by atoms with Crippen LogP contribution < -0.4 is 5.73 Å². The van der Waals surface area contributed by atoms with Crippen LogP contribution >= 0.6 is 11.8 Å². The van der Waals surface area contributed by atoms with Gasteiger partial charge in [0.15, 0.2) is 0 Å². The van der Waals surface area contributed by atoms with E-state index in [2.05, 4.69) is 11.0 Å². The molecular formula is C14H26N4O2S. The Morgan fingerprint density at radius 3 is 2.81 bits per heavy atom. The van der Waals surface area contributed by atoms with E-state index in [-0.39, 0.29) is 5.91 Å². The van der Waals surface area contributed by atoms with Gasteiger partial charge in [-0.1, -0.05) is 0 Å². The van der Waals surface area contributed by atoms with Crippen molar-refractivity contribution in [2.75, 3.05) is 57.9 Å². The molecule has 7 heteroatoms. The van der Waals surface area contributed by atoms with Crippen molar-refractivity contribution < 1.29 is 9.53 Å². The van der Waals surface area contributed by atoms with Gasteiger partial charge in [-0.05, 0) is 18.4 Å². The van der Waals surface area contributed by atoms with Gasteiger partial charge in [0, 0.05) is 32.7 Å². The Morgan fingerprint density at radius 1 is 1.48 bits per heavy atom. The van der Waals surface area contributed by atoms with Gasteiger partial charge in [-0.3, -0.25) is 9.69 Å². The minimum atomic E-state index is -0.458. The largest absolute Gasteiger partial charge is 0.379 e. The molecule has 1 heterocycles. The molecule has 120 valence electrons. The number of rotatable bonds is 9. The van der Waals surface area contributed by atoms with Crippen molar-refractivity contribution in [3.05, 3.63) is 0 Å². The van der Waals surface area contributed by atoms with Crippen LogP contribution in [0.2, 0.25) is 0 Å². The molecule has 1 atom stereocenters. The number of ether oxygens (including phenoxy) is 1. The molecule has 1 fully saturated rings. The quantitative estimate of drug-likeness (QED) is 0.652. The summed E-state index contributed by atoms with van der Waals surface area (Å²) in [4.78, 5) is 16.4. The van der Waals surface area contributed by atoms with Crippen LogP contribution in [-0.2, 0) is 9.53 Å². The molecule has 1 rings (SSSR count). The molecule has 0 saturated carbocycles. The normalized spacial score (nSPS) is 17.2. The van der Waals surface area contributed by atoms with Gasteiger partial charge in [0.25, 0.3) is 0 Å².